The Balaban J connectivity index is 1.81. The van der Waals surface area contributed by atoms with Gasteiger partial charge in [0.05, 0.1) is 10.3 Å². The molecule has 3 rings (SSSR count). The summed E-state index contributed by atoms with van der Waals surface area (Å²) in [5, 5.41) is 11.6. The van der Waals surface area contributed by atoms with E-state index in [1.54, 1.807) is 19.1 Å². The highest BCUT2D eigenvalue weighted by atomic mass is 35.5. The Labute approximate surface area is 210 Å². The highest BCUT2D eigenvalue weighted by Crippen LogP contribution is 2.26. The molecule has 13 heteroatoms. The first kappa shape index (κ1) is 27.1. The third kappa shape index (κ3) is 6.01. The molecular weight excluding hydrogens is 505 g/mol. The first-order chi connectivity index (χ1) is 16.1. The van der Waals surface area contributed by atoms with Gasteiger partial charge in [0.2, 0.25) is 15.9 Å². The van der Waals surface area contributed by atoms with Crippen molar-refractivity contribution in [3.8, 4) is 0 Å². The summed E-state index contributed by atoms with van der Waals surface area (Å²) in [6.45, 7) is 3.80. The topological polar surface area (TPSA) is 122 Å². The molecule has 0 spiro atoms. The summed E-state index contributed by atoms with van der Waals surface area (Å²) < 4.78 is 28.2. The van der Waals surface area contributed by atoms with Crippen molar-refractivity contribution in [3.63, 3.8) is 0 Å². The minimum absolute atomic E-state index is 0.0422. The standard InChI is InChI=1S/C21H31Cl2N5O5S/c1-14-4-5-15(12-18(14)34(32,33)27-8-3-7-26(2)9-10-27)25-20(30)17(6-11-29)28-21(31)19(23)16(22)13-24-28/h4-5,12,16-17,19,24,29H,3,6-11,13H2,1-2H3,(H,25,30)/t16?,17-,19?/m0/s1. The number of hydrogen-bond donors (Lipinski definition) is 3. The number of benzene rings is 1. The molecule has 0 bridgehead atoms. The molecule has 2 fully saturated rings. The average Bonchev–Trinajstić information content (AvgIpc) is 3.02. The van der Waals surface area contributed by atoms with Gasteiger partial charge in [-0.25, -0.2) is 13.8 Å². The Morgan fingerprint density at radius 3 is 2.71 bits per heavy atom. The number of aliphatic hydroxyl groups excluding tert-OH is 1. The van der Waals surface area contributed by atoms with Crippen LogP contribution in [0.15, 0.2) is 23.1 Å². The lowest BCUT2D eigenvalue weighted by Crippen LogP contribution is -2.63. The maximum Gasteiger partial charge on any atom is 0.257 e. The number of carbonyl (C=O) groups excluding carboxylic acids is 2. The third-order valence-corrected chi connectivity index (χ3v) is 9.08. The number of amides is 2. The zero-order valence-electron chi connectivity index (χ0n) is 19.2. The monoisotopic (exact) mass is 535 g/mol. The normalized spacial score (nSPS) is 24.0. The molecule has 2 aliphatic heterocycles. The van der Waals surface area contributed by atoms with Gasteiger partial charge < -0.3 is 15.3 Å². The van der Waals surface area contributed by atoms with Crippen LogP contribution in [0.1, 0.15) is 18.4 Å². The van der Waals surface area contributed by atoms with Crippen LogP contribution in [0.2, 0.25) is 0 Å². The van der Waals surface area contributed by atoms with Gasteiger partial charge in [-0.2, -0.15) is 4.31 Å². The quantitative estimate of drug-likeness (QED) is 0.436. The number of carbonyl (C=O) groups is 2. The van der Waals surface area contributed by atoms with Crippen molar-refractivity contribution >= 4 is 50.7 Å². The molecule has 190 valence electrons. The molecule has 2 aliphatic rings. The first-order valence-electron chi connectivity index (χ1n) is 11.1. The molecule has 3 N–H and O–H groups in total. The van der Waals surface area contributed by atoms with Crippen LogP contribution in [0, 0.1) is 6.92 Å². The van der Waals surface area contributed by atoms with Crippen LogP contribution < -0.4 is 10.7 Å². The number of alkyl halides is 2. The Bertz CT molecular complexity index is 1010. The summed E-state index contributed by atoms with van der Waals surface area (Å²) in [6.07, 6.45) is 0.690. The van der Waals surface area contributed by atoms with Gasteiger partial charge in [0.1, 0.15) is 11.4 Å². The number of sulfonamides is 1. The highest BCUT2D eigenvalue weighted by molar-refractivity contribution is 7.89. The maximum atomic E-state index is 13.4. The van der Waals surface area contributed by atoms with E-state index in [-0.39, 0.29) is 30.2 Å². The zero-order valence-corrected chi connectivity index (χ0v) is 21.5. The van der Waals surface area contributed by atoms with Crippen LogP contribution in [-0.4, -0.2) is 103 Å². The number of likely N-dealkylation sites (N-methyl/N-ethyl adjacent to an activating group) is 1. The molecule has 34 heavy (non-hydrogen) atoms. The minimum atomic E-state index is -3.76. The summed E-state index contributed by atoms with van der Waals surface area (Å²) in [5.41, 5.74) is 3.62. The lowest BCUT2D eigenvalue weighted by atomic mass is 10.1. The predicted octanol–water partition coefficient (Wildman–Crippen LogP) is 0.572. The van der Waals surface area contributed by atoms with E-state index in [1.807, 2.05) is 7.05 Å². The number of aryl methyl sites for hydroxylation is 1. The molecule has 3 atom stereocenters. The second-order valence-corrected chi connectivity index (χ2v) is 11.5. The summed E-state index contributed by atoms with van der Waals surface area (Å²) in [4.78, 5) is 27.8. The van der Waals surface area contributed by atoms with Crippen LogP contribution in [0.5, 0.6) is 0 Å². The minimum Gasteiger partial charge on any atom is -0.396 e. The van der Waals surface area contributed by atoms with E-state index in [2.05, 4.69) is 15.6 Å². The second-order valence-electron chi connectivity index (χ2n) is 8.55. The van der Waals surface area contributed by atoms with Crippen molar-refractivity contribution in [2.45, 2.75) is 41.5 Å². The maximum absolute atomic E-state index is 13.4. The highest BCUT2D eigenvalue weighted by Gasteiger charge is 2.40. The van der Waals surface area contributed by atoms with Crippen LogP contribution in [0.25, 0.3) is 0 Å². The van der Waals surface area contributed by atoms with E-state index in [0.29, 0.717) is 25.2 Å². The van der Waals surface area contributed by atoms with Gasteiger partial charge in [-0.1, -0.05) is 6.07 Å². The zero-order chi connectivity index (χ0) is 25.0. The van der Waals surface area contributed by atoms with Crippen molar-refractivity contribution in [2.24, 2.45) is 0 Å². The fraction of sp³-hybridized carbons (Fsp3) is 0.619. The molecule has 2 saturated heterocycles. The summed E-state index contributed by atoms with van der Waals surface area (Å²) in [7, 11) is -1.80. The second kappa shape index (κ2) is 11.5. The Morgan fingerprint density at radius 2 is 2.00 bits per heavy atom. The Kier molecular flexibility index (Phi) is 9.18. The number of hydrazine groups is 1. The van der Waals surface area contributed by atoms with E-state index in [4.69, 9.17) is 23.2 Å². The van der Waals surface area contributed by atoms with Gasteiger partial charge in [-0.3, -0.25) is 14.6 Å². The molecule has 0 aliphatic carbocycles. The van der Waals surface area contributed by atoms with Crippen molar-refractivity contribution in [3.05, 3.63) is 23.8 Å². The van der Waals surface area contributed by atoms with Crippen molar-refractivity contribution in [1.82, 2.24) is 19.6 Å². The largest absolute Gasteiger partial charge is 0.396 e. The smallest absolute Gasteiger partial charge is 0.257 e. The molecule has 1 aromatic carbocycles. The van der Waals surface area contributed by atoms with E-state index in [1.165, 1.54) is 10.4 Å². The first-order valence-corrected chi connectivity index (χ1v) is 13.4. The van der Waals surface area contributed by atoms with Gasteiger partial charge in [0.25, 0.3) is 5.91 Å². The summed E-state index contributed by atoms with van der Waals surface area (Å²) in [6, 6.07) is 3.59. The molecule has 0 saturated carbocycles. The molecule has 2 heterocycles. The van der Waals surface area contributed by atoms with E-state index in [0.717, 1.165) is 18.0 Å². The van der Waals surface area contributed by atoms with E-state index < -0.39 is 38.6 Å². The van der Waals surface area contributed by atoms with Crippen LogP contribution in [0.4, 0.5) is 5.69 Å². The molecule has 0 radical (unpaired) electrons. The molecule has 0 aromatic heterocycles. The Hall–Kier alpha value is -1.47. The number of nitrogens with zero attached hydrogens (tertiary/aromatic N) is 3. The van der Waals surface area contributed by atoms with Gasteiger partial charge in [0.15, 0.2) is 0 Å². The number of aliphatic hydroxyl groups is 1. The van der Waals surface area contributed by atoms with Crippen LogP contribution >= 0.6 is 23.2 Å². The molecule has 2 amide bonds. The van der Waals surface area contributed by atoms with Gasteiger partial charge >= 0.3 is 0 Å². The van der Waals surface area contributed by atoms with Gasteiger partial charge in [-0.15, -0.1) is 23.2 Å². The predicted molar refractivity (Wildman–Crippen MR) is 130 cm³/mol. The third-order valence-electron chi connectivity index (χ3n) is 6.02. The summed E-state index contributed by atoms with van der Waals surface area (Å²) >= 11 is 12.1. The fourth-order valence-corrected chi connectivity index (χ4v) is 6.09. The Morgan fingerprint density at radius 1 is 1.26 bits per heavy atom. The number of anilines is 1. The molecular formula is C21H31Cl2N5O5S. The number of rotatable bonds is 7. The SMILES string of the molecule is Cc1ccc(NC(=O)[C@H](CCO)N2NCC(Cl)C(Cl)C2=O)cc1S(=O)(=O)N1CCCN(C)CC1. The van der Waals surface area contributed by atoms with Crippen molar-refractivity contribution in [1.29, 1.82) is 0 Å². The van der Waals surface area contributed by atoms with Gasteiger partial charge in [0, 0.05) is 44.9 Å². The van der Waals surface area contributed by atoms with E-state index in [9.17, 15) is 23.1 Å². The van der Waals surface area contributed by atoms with E-state index >= 15 is 0 Å². The number of nitrogens with one attached hydrogen (secondary N) is 2. The molecule has 1 aromatic rings. The van der Waals surface area contributed by atoms with Crippen LogP contribution in [0.3, 0.4) is 0 Å². The average molecular weight is 536 g/mol. The molecule has 10 nitrogen and oxygen atoms in total. The van der Waals surface area contributed by atoms with Crippen molar-refractivity contribution in [2.75, 3.05) is 51.7 Å². The lowest BCUT2D eigenvalue weighted by Gasteiger charge is -2.37. The summed E-state index contributed by atoms with van der Waals surface area (Å²) in [5.74, 6) is -1.16. The fourth-order valence-electron chi connectivity index (χ4n) is 4.00. The number of halogens is 2. The van der Waals surface area contributed by atoms with Gasteiger partial charge in [-0.05, 0) is 44.6 Å². The molecule has 2 unspecified atom stereocenters. The van der Waals surface area contributed by atoms with Crippen LogP contribution in [-0.2, 0) is 19.6 Å². The number of hydrogen-bond acceptors (Lipinski definition) is 7. The van der Waals surface area contributed by atoms with Crippen molar-refractivity contribution < 1.29 is 23.1 Å². The lowest BCUT2D eigenvalue weighted by molar-refractivity contribution is -0.145.